The zero-order valence-electron chi connectivity index (χ0n) is 21.9. The lowest BCUT2D eigenvalue weighted by molar-refractivity contribution is -0.174. The van der Waals surface area contributed by atoms with Gasteiger partial charge in [0.2, 0.25) is 5.82 Å². The maximum absolute atomic E-state index is 13.4. The number of aromatic amines is 1. The number of ketones is 1. The number of aromatic nitrogens is 2. The van der Waals surface area contributed by atoms with Gasteiger partial charge in [-0.1, -0.05) is 13.8 Å². The van der Waals surface area contributed by atoms with Crippen molar-refractivity contribution in [1.29, 1.82) is 0 Å². The summed E-state index contributed by atoms with van der Waals surface area (Å²) in [5, 5.41) is 20.9. The SMILES string of the molecule is C[C@]12CC[C@@H](OC(=O)OCn3cc(F)c(=O)[nH]c3=O)C[C@H]1CC[C@@H]1[C@@H]2CC[C@@]2(C)[C@H]1CC[C@]2(O)C(=O)CO. The lowest BCUT2D eigenvalue weighted by atomic mass is 9.44. The molecule has 0 amide bonds. The van der Waals surface area contributed by atoms with E-state index in [0.717, 1.165) is 43.1 Å². The molecule has 0 aliphatic heterocycles. The van der Waals surface area contributed by atoms with Crippen LogP contribution in [0, 0.1) is 40.3 Å². The van der Waals surface area contributed by atoms with E-state index in [1.807, 2.05) is 6.92 Å². The third-order valence-electron chi connectivity index (χ3n) is 10.9. The van der Waals surface area contributed by atoms with Crippen LogP contribution in [0.15, 0.2) is 15.8 Å². The Morgan fingerprint density at radius 1 is 1.11 bits per heavy atom. The van der Waals surface area contributed by atoms with E-state index in [1.165, 1.54) is 0 Å². The van der Waals surface area contributed by atoms with Crippen LogP contribution in [0.2, 0.25) is 0 Å². The van der Waals surface area contributed by atoms with Gasteiger partial charge >= 0.3 is 11.8 Å². The summed E-state index contributed by atoms with van der Waals surface area (Å²) < 4.78 is 24.7. The molecule has 0 saturated heterocycles. The number of nitrogens with one attached hydrogen (secondary N) is 1. The highest BCUT2D eigenvalue weighted by molar-refractivity contribution is 5.89. The third-order valence-corrected chi connectivity index (χ3v) is 10.9. The summed E-state index contributed by atoms with van der Waals surface area (Å²) in [6, 6.07) is 0. The molecule has 1 aromatic rings. The van der Waals surface area contributed by atoms with Crippen molar-refractivity contribution >= 4 is 11.9 Å². The van der Waals surface area contributed by atoms with Crippen LogP contribution in [0.4, 0.5) is 9.18 Å². The highest BCUT2D eigenvalue weighted by atomic mass is 19.1. The van der Waals surface area contributed by atoms with Crippen LogP contribution >= 0.6 is 0 Å². The van der Waals surface area contributed by atoms with Crippen LogP contribution < -0.4 is 11.2 Å². The molecule has 1 heterocycles. The molecule has 0 radical (unpaired) electrons. The van der Waals surface area contributed by atoms with Crippen molar-refractivity contribution in [3.63, 3.8) is 0 Å². The topological polar surface area (TPSA) is 148 Å². The molecule has 0 aromatic carbocycles. The predicted octanol–water partition coefficient (Wildman–Crippen LogP) is 2.49. The Bertz CT molecular complexity index is 1230. The Hall–Kier alpha value is -2.53. The van der Waals surface area contributed by atoms with E-state index in [-0.39, 0.29) is 17.4 Å². The second kappa shape index (κ2) is 9.59. The monoisotopic (exact) mass is 536 g/mol. The van der Waals surface area contributed by atoms with Crippen molar-refractivity contribution < 1.29 is 33.7 Å². The van der Waals surface area contributed by atoms with Gasteiger partial charge in [-0.05, 0) is 86.9 Å². The highest BCUT2D eigenvalue weighted by Crippen LogP contribution is 2.68. The van der Waals surface area contributed by atoms with Gasteiger partial charge in [-0.3, -0.25) is 19.1 Å². The minimum absolute atomic E-state index is 0.0659. The third kappa shape index (κ3) is 4.13. The quantitative estimate of drug-likeness (QED) is 0.486. The number of halogens is 1. The summed E-state index contributed by atoms with van der Waals surface area (Å²) >= 11 is 0. The number of nitrogens with zero attached hydrogens (tertiary/aromatic N) is 1. The van der Waals surface area contributed by atoms with E-state index in [1.54, 1.807) is 4.98 Å². The lowest BCUT2D eigenvalue weighted by Gasteiger charge is -2.61. The molecular formula is C27H37FN2O8. The van der Waals surface area contributed by atoms with Gasteiger partial charge < -0.3 is 19.7 Å². The summed E-state index contributed by atoms with van der Waals surface area (Å²) in [6.45, 7) is 3.17. The molecule has 3 N–H and O–H groups in total. The predicted molar refractivity (Wildman–Crippen MR) is 131 cm³/mol. The van der Waals surface area contributed by atoms with Gasteiger partial charge in [-0.2, -0.15) is 4.39 Å². The molecule has 4 saturated carbocycles. The average molecular weight is 537 g/mol. The Morgan fingerprint density at radius 2 is 1.84 bits per heavy atom. The first-order chi connectivity index (χ1) is 17.9. The zero-order valence-corrected chi connectivity index (χ0v) is 21.9. The van der Waals surface area contributed by atoms with Gasteiger partial charge in [0.05, 0.1) is 6.20 Å². The number of aliphatic hydroxyl groups excluding tert-OH is 1. The molecule has 0 spiro atoms. The van der Waals surface area contributed by atoms with Gasteiger partial charge in [-0.15, -0.1) is 0 Å². The van der Waals surface area contributed by atoms with Crippen LogP contribution in [0.5, 0.6) is 0 Å². The summed E-state index contributed by atoms with van der Waals surface area (Å²) in [5.41, 5.74) is -3.93. The van der Waals surface area contributed by atoms with E-state index >= 15 is 0 Å². The maximum Gasteiger partial charge on any atom is 0.510 e. The molecular weight excluding hydrogens is 499 g/mol. The summed E-state index contributed by atoms with van der Waals surface area (Å²) in [7, 11) is 0. The fourth-order valence-electron chi connectivity index (χ4n) is 8.80. The molecule has 11 heteroatoms. The number of carbonyl (C=O) groups excluding carboxylic acids is 2. The van der Waals surface area contributed by atoms with E-state index in [2.05, 4.69) is 6.92 Å². The normalized spacial score (nSPS) is 40.0. The van der Waals surface area contributed by atoms with E-state index in [0.29, 0.717) is 43.2 Å². The van der Waals surface area contributed by atoms with E-state index in [9.17, 15) is 33.8 Å². The molecule has 1 aromatic heterocycles. The first kappa shape index (κ1) is 27.1. The largest absolute Gasteiger partial charge is 0.510 e. The number of aliphatic hydroxyl groups is 2. The van der Waals surface area contributed by atoms with Gasteiger partial charge in [0.1, 0.15) is 18.3 Å². The summed E-state index contributed by atoms with van der Waals surface area (Å²) in [5.74, 6) is -0.149. The van der Waals surface area contributed by atoms with E-state index in [4.69, 9.17) is 9.47 Å². The molecule has 4 aliphatic carbocycles. The number of H-pyrrole nitrogens is 1. The summed E-state index contributed by atoms with van der Waals surface area (Å²) in [4.78, 5) is 49.6. The Kier molecular flexibility index (Phi) is 6.82. The zero-order chi connectivity index (χ0) is 27.5. The molecule has 4 fully saturated rings. The molecule has 0 bridgehead atoms. The first-order valence-corrected chi connectivity index (χ1v) is 13.6. The molecule has 38 heavy (non-hydrogen) atoms. The average Bonchev–Trinajstić information content (AvgIpc) is 3.16. The molecule has 10 nitrogen and oxygen atoms in total. The summed E-state index contributed by atoms with van der Waals surface area (Å²) in [6.07, 6.45) is 6.50. The highest BCUT2D eigenvalue weighted by Gasteiger charge is 2.66. The number of hydrogen-bond acceptors (Lipinski definition) is 8. The van der Waals surface area contributed by atoms with Crippen LogP contribution in [-0.2, 0) is 21.0 Å². The van der Waals surface area contributed by atoms with Crippen LogP contribution in [0.1, 0.15) is 71.6 Å². The Labute approximate surface area is 219 Å². The van der Waals surface area contributed by atoms with Crippen molar-refractivity contribution in [2.75, 3.05) is 6.61 Å². The van der Waals surface area contributed by atoms with Crippen molar-refractivity contribution in [2.24, 2.45) is 34.5 Å². The van der Waals surface area contributed by atoms with Crippen molar-refractivity contribution in [3.8, 4) is 0 Å². The van der Waals surface area contributed by atoms with Crippen LogP contribution in [0.25, 0.3) is 0 Å². The molecule has 5 rings (SSSR count). The van der Waals surface area contributed by atoms with Crippen LogP contribution in [-0.4, -0.2) is 50.0 Å². The Balaban J connectivity index is 1.21. The minimum atomic E-state index is -1.45. The van der Waals surface area contributed by atoms with Gasteiger partial charge in [0.25, 0.3) is 5.56 Å². The Morgan fingerprint density at radius 3 is 2.58 bits per heavy atom. The number of hydrogen-bond donors (Lipinski definition) is 3. The lowest BCUT2D eigenvalue weighted by Crippen LogP contribution is -2.59. The molecule has 210 valence electrons. The number of Topliss-reactive ketones (excluding diaryl/α,β-unsaturated/α-hetero) is 1. The fraction of sp³-hybridized carbons (Fsp3) is 0.778. The van der Waals surface area contributed by atoms with Crippen molar-refractivity contribution in [2.45, 2.75) is 90.1 Å². The second-order valence-corrected chi connectivity index (χ2v) is 12.3. The number of rotatable bonds is 5. The van der Waals surface area contributed by atoms with Crippen molar-refractivity contribution in [1.82, 2.24) is 9.55 Å². The van der Waals surface area contributed by atoms with Crippen molar-refractivity contribution in [3.05, 3.63) is 32.9 Å². The fourth-order valence-corrected chi connectivity index (χ4v) is 8.80. The molecule has 4 aliphatic rings. The molecule has 0 unspecified atom stereocenters. The second-order valence-electron chi connectivity index (χ2n) is 12.3. The smallest absolute Gasteiger partial charge is 0.431 e. The first-order valence-electron chi connectivity index (χ1n) is 13.6. The maximum atomic E-state index is 13.4. The van der Waals surface area contributed by atoms with Gasteiger partial charge in [-0.25, -0.2) is 9.59 Å². The van der Waals surface area contributed by atoms with E-state index < -0.39 is 53.4 Å². The van der Waals surface area contributed by atoms with Gasteiger partial charge in [0, 0.05) is 5.41 Å². The number of ether oxygens (including phenoxy) is 2. The van der Waals surface area contributed by atoms with Crippen LogP contribution in [0.3, 0.4) is 0 Å². The standard InChI is InChI=1S/C27H37FN2O8/c1-25-8-5-16(38-24(35)37-14-30-12-20(28)22(33)29-23(30)34)11-15(25)3-4-17-18(25)6-9-26(2)19(17)7-10-27(26,36)21(32)13-31/h12,15-19,31,36H,3-11,13-14H2,1-2H3,(H,29,33,34)/t15-,16-,17-,18+,19+,25+,26+,27+/m1/s1. The molecule has 8 atom stereocenters. The minimum Gasteiger partial charge on any atom is -0.431 e. The van der Waals surface area contributed by atoms with Gasteiger partial charge in [0.15, 0.2) is 12.5 Å². The number of fused-ring (bicyclic) bond motifs is 5. The number of carbonyl (C=O) groups is 2.